The minimum absolute atomic E-state index is 0.0558. The van der Waals surface area contributed by atoms with E-state index in [1.165, 1.54) is 6.42 Å². The quantitative estimate of drug-likeness (QED) is 0.840. The third-order valence-corrected chi connectivity index (χ3v) is 4.76. The number of anilines is 1. The summed E-state index contributed by atoms with van der Waals surface area (Å²) >= 11 is 0. The molecule has 0 radical (unpaired) electrons. The van der Waals surface area contributed by atoms with Gasteiger partial charge in [0.15, 0.2) is 0 Å². The zero-order chi connectivity index (χ0) is 17.6. The molecule has 0 saturated carbocycles. The molecule has 132 valence electrons. The van der Waals surface area contributed by atoms with Gasteiger partial charge in [0.1, 0.15) is 11.5 Å². The molecule has 3 heterocycles. The fourth-order valence-electron chi connectivity index (χ4n) is 3.37. The van der Waals surface area contributed by atoms with E-state index in [0.717, 1.165) is 43.7 Å². The van der Waals surface area contributed by atoms with E-state index in [2.05, 4.69) is 17.1 Å². The van der Waals surface area contributed by atoms with Gasteiger partial charge < -0.3 is 9.80 Å². The normalized spacial score (nSPS) is 17.4. The molecule has 0 spiro atoms. The first kappa shape index (κ1) is 17.4. The van der Waals surface area contributed by atoms with Crippen LogP contribution in [0.2, 0.25) is 0 Å². The molecule has 1 fully saturated rings. The van der Waals surface area contributed by atoms with Gasteiger partial charge in [0, 0.05) is 38.6 Å². The van der Waals surface area contributed by atoms with E-state index in [0.29, 0.717) is 5.69 Å². The van der Waals surface area contributed by atoms with Crippen LogP contribution in [-0.4, -0.2) is 47.5 Å². The minimum Gasteiger partial charge on any atom is -0.363 e. The van der Waals surface area contributed by atoms with Crippen LogP contribution in [0.5, 0.6) is 0 Å². The Kier molecular flexibility index (Phi) is 5.64. The summed E-state index contributed by atoms with van der Waals surface area (Å²) in [6.07, 6.45) is 6.83. The van der Waals surface area contributed by atoms with Crippen LogP contribution in [0.25, 0.3) is 0 Å². The van der Waals surface area contributed by atoms with Gasteiger partial charge in [0.25, 0.3) is 5.91 Å². The van der Waals surface area contributed by atoms with Crippen molar-refractivity contribution in [2.45, 2.75) is 38.1 Å². The summed E-state index contributed by atoms with van der Waals surface area (Å²) in [7, 11) is 4.00. The number of aromatic nitrogens is 2. The van der Waals surface area contributed by atoms with Gasteiger partial charge >= 0.3 is 0 Å². The predicted molar refractivity (Wildman–Crippen MR) is 99.8 cm³/mol. The first-order valence-corrected chi connectivity index (χ1v) is 9.00. The zero-order valence-electron chi connectivity index (χ0n) is 15.1. The molecular formula is C20H26N4O. The van der Waals surface area contributed by atoms with Crippen LogP contribution in [0, 0.1) is 0 Å². The number of likely N-dealkylation sites (tertiary alicyclic amines) is 1. The standard InChI is InChI=1S/C20H26N4O/c1-23(2)19-11-7-8-16(22-19)12-13-17-9-4-6-15-24(17)20(25)18-10-3-5-14-21-18/h3,5,7-8,10-11,14,17H,4,6,9,12-13,15H2,1-2H3/t17-/m0/s1. The molecule has 0 unspecified atom stereocenters. The molecule has 1 aliphatic rings. The van der Waals surface area contributed by atoms with Crippen LogP contribution in [0.1, 0.15) is 41.9 Å². The summed E-state index contributed by atoms with van der Waals surface area (Å²) in [5.41, 5.74) is 1.63. The fraction of sp³-hybridized carbons (Fsp3) is 0.450. The summed E-state index contributed by atoms with van der Waals surface area (Å²) in [4.78, 5) is 25.8. The average Bonchev–Trinajstić information content (AvgIpc) is 2.67. The molecule has 2 aromatic rings. The van der Waals surface area contributed by atoms with E-state index >= 15 is 0 Å². The molecule has 1 aliphatic heterocycles. The first-order valence-electron chi connectivity index (χ1n) is 9.00. The van der Waals surface area contributed by atoms with Gasteiger partial charge in [-0.2, -0.15) is 0 Å². The number of hydrogen-bond acceptors (Lipinski definition) is 4. The van der Waals surface area contributed by atoms with Crippen LogP contribution in [-0.2, 0) is 6.42 Å². The molecular weight excluding hydrogens is 312 g/mol. The second kappa shape index (κ2) is 8.10. The van der Waals surface area contributed by atoms with Gasteiger partial charge in [-0.05, 0) is 56.4 Å². The van der Waals surface area contributed by atoms with Gasteiger partial charge in [0.05, 0.1) is 0 Å². The van der Waals surface area contributed by atoms with Crippen molar-refractivity contribution in [2.75, 3.05) is 25.5 Å². The number of pyridine rings is 2. The summed E-state index contributed by atoms with van der Waals surface area (Å²) < 4.78 is 0. The summed E-state index contributed by atoms with van der Waals surface area (Å²) in [5, 5.41) is 0. The molecule has 1 saturated heterocycles. The van der Waals surface area contributed by atoms with E-state index < -0.39 is 0 Å². The molecule has 0 aliphatic carbocycles. The van der Waals surface area contributed by atoms with E-state index in [9.17, 15) is 4.79 Å². The Morgan fingerprint density at radius 2 is 2.08 bits per heavy atom. The number of piperidine rings is 1. The topological polar surface area (TPSA) is 49.3 Å². The maximum Gasteiger partial charge on any atom is 0.272 e. The lowest BCUT2D eigenvalue weighted by Gasteiger charge is -2.35. The largest absolute Gasteiger partial charge is 0.363 e. The second-order valence-corrected chi connectivity index (χ2v) is 6.78. The molecule has 0 bridgehead atoms. The zero-order valence-corrected chi connectivity index (χ0v) is 15.1. The number of amides is 1. The highest BCUT2D eigenvalue weighted by Crippen LogP contribution is 2.23. The lowest BCUT2D eigenvalue weighted by atomic mass is 9.96. The number of rotatable bonds is 5. The van der Waals surface area contributed by atoms with Crippen molar-refractivity contribution in [2.24, 2.45) is 0 Å². The predicted octanol–water partition coefficient (Wildman–Crippen LogP) is 3.17. The lowest BCUT2D eigenvalue weighted by molar-refractivity contribution is 0.0595. The molecule has 3 rings (SSSR count). The summed E-state index contributed by atoms with van der Waals surface area (Å²) in [6, 6.07) is 11.9. The number of carbonyl (C=O) groups excluding carboxylic acids is 1. The smallest absolute Gasteiger partial charge is 0.272 e. The number of aryl methyl sites for hydroxylation is 1. The molecule has 0 N–H and O–H groups in total. The van der Waals surface area contributed by atoms with Gasteiger partial charge in [-0.15, -0.1) is 0 Å². The van der Waals surface area contributed by atoms with Gasteiger partial charge in [-0.25, -0.2) is 4.98 Å². The fourth-order valence-corrected chi connectivity index (χ4v) is 3.37. The van der Waals surface area contributed by atoms with Crippen molar-refractivity contribution in [3.8, 4) is 0 Å². The van der Waals surface area contributed by atoms with E-state index in [1.54, 1.807) is 12.3 Å². The Morgan fingerprint density at radius 3 is 2.84 bits per heavy atom. The van der Waals surface area contributed by atoms with Crippen LogP contribution in [0.15, 0.2) is 42.6 Å². The van der Waals surface area contributed by atoms with E-state index in [-0.39, 0.29) is 11.9 Å². The maximum absolute atomic E-state index is 12.8. The molecule has 5 heteroatoms. The highest BCUT2D eigenvalue weighted by Gasteiger charge is 2.27. The van der Waals surface area contributed by atoms with Crippen molar-refractivity contribution in [3.63, 3.8) is 0 Å². The second-order valence-electron chi connectivity index (χ2n) is 6.78. The Hall–Kier alpha value is -2.43. The highest BCUT2D eigenvalue weighted by atomic mass is 16.2. The molecule has 1 atom stereocenters. The summed E-state index contributed by atoms with van der Waals surface area (Å²) in [6.45, 7) is 0.825. The highest BCUT2D eigenvalue weighted by molar-refractivity contribution is 5.92. The summed E-state index contributed by atoms with van der Waals surface area (Å²) in [5.74, 6) is 1.03. The molecule has 1 amide bonds. The van der Waals surface area contributed by atoms with Crippen LogP contribution < -0.4 is 4.90 Å². The van der Waals surface area contributed by atoms with Crippen molar-refractivity contribution in [1.82, 2.24) is 14.9 Å². The van der Waals surface area contributed by atoms with E-state index in [1.807, 2.05) is 42.1 Å². The van der Waals surface area contributed by atoms with E-state index in [4.69, 9.17) is 4.98 Å². The first-order chi connectivity index (χ1) is 12.1. The molecule has 0 aromatic carbocycles. The number of carbonyl (C=O) groups is 1. The van der Waals surface area contributed by atoms with Crippen molar-refractivity contribution >= 4 is 11.7 Å². The maximum atomic E-state index is 12.8. The SMILES string of the molecule is CN(C)c1cccc(CC[C@@H]2CCCCN2C(=O)c2ccccn2)n1. The van der Waals surface area contributed by atoms with Crippen LogP contribution >= 0.6 is 0 Å². The monoisotopic (exact) mass is 338 g/mol. The van der Waals surface area contributed by atoms with Gasteiger partial charge in [0.2, 0.25) is 0 Å². The lowest BCUT2D eigenvalue weighted by Crippen LogP contribution is -2.44. The van der Waals surface area contributed by atoms with Crippen LogP contribution in [0.4, 0.5) is 5.82 Å². The Morgan fingerprint density at radius 1 is 1.20 bits per heavy atom. The minimum atomic E-state index is 0.0558. The van der Waals surface area contributed by atoms with Gasteiger partial charge in [-0.1, -0.05) is 12.1 Å². The average molecular weight is 338 g/mol. The number of hydrogen-bond donors (Lipinski definition) is 0. The third kappa shape index (κ3) is 4.35. The Balaban J connectivity index is 1.67. The van der Waals surface area contributed by atoms with Crippen molar-refractivity contribution in [3.05, 3.63) is 54.0 Å². The molecule has 2 aromatic heterocycles. The number of nitrogens with zero attached hydrogens (tertiary/aromatic N) is 4. The third-order valence-electron chi connectivity index (χ3n) is 4.76. The Bertz CT molecular complexity index is 702. The Labute approximate surface area is 149 Å². The van der Waals surface area contributed by atoms with Crippen molar-refractivity contribution in [1.29, 1.82) is 0 Å². The molecule has 25 heavy (non-hydrogen) atoms. The molecule has 5 nitrogen and oxygen atoms in total. The van der Waals surface area contributed by atoms with Gasteiger partial charge in [-0.3, -0.25) is 9.78 Å². The van der Waals surface area contributed by atoms with Crippen molar-refractivity contribution < 1.29 is 4.79 Å². The van der Waals surface area contributed by atoms with Crippen LogP contribution in [0.3, 0.4) is 0 Å².